The molecule has 0 heterocycles. The molecular weight excluding hydrogens is 320 g/mol. The molecule has 3 rings (SSSR count). The van der Waals surface area contributed by atoms with Crippen molar-refractivity contribution in [1.82, 2.24) is 0 Å². The standard InChI is InChI=1S/C24H22O2/c1-26-24(25)22(17-14-19-8-3-2-4-9-19)13-7-10-20-15-16-21-11-5-6-12-23(21)18-20/h2-6,8-9,11-12,15-16,18,22H,13-14,17H2,1H3. The summed E-state index contributed by atoms with van der Waals surface area (Å²) in [5.41, 5.74) is 2.19. The predicted molar refractivity (Wildman–Crippen MR) is 106 cm³/mol. The van der Waals surface area contributed by atoms with Crippen molar-refractivity contribution in [2.75, 3.05) is 7.11 Å². The average molecular weight is 342 g/mol. The number of benzene rings is 3. The van der Waals surface area contributed by atoms with Crippen molar-refractivity contribution < 1.29 is 9.53 Å². The summed E-state index contributed by atoms with van der Waals surface area (Å²) in [7, 11) is 1.44. The maximum atomic E-state index is 12.1. The van der Waals surface area contributed by atoms with Gasteiger partial charge in [0.25, 0.3) is 0 Å². The molecule has 2 heteroatoms. The molecule has 3 aromatic rings. The van der Waals surface area contributed by atoms with Crippen LogP contribution in [0.15, 0.2) is 72.8 Å². The summed E-state index contributed by atoms with van der Waals surface area (Å²) in [6.07, 6.45) is 2.09. The molecule has 26 heavy (non-hydrogen) atoms. The zero-order valence-corrected chi connectivity index (χ0v) is 14.9. The van der Waals surface area contributed by atoms with Gasteiger partial charge in [0.15, 0.2) is 0 Å². The Morgan fingerprint density at radius 2 is 1.69 bits per heavy atom. The number of aryl methyl sites for hydroxylation is 1. The normalized spacial score (nSPS) is 11.4. The van der Waals surface area contributed by atoms with Crippen LogP contribution in [0.25, 0.3) is 10.8 Å². The third-order valence-electron chi connectivity index (χ3n) is 4.49. The Bertz CT molecular complexity index is 932. The SMILES string of the molecule is COC(=O)C(CC#Cc1ccc2ccccc2c1)CCc1ccccc1. The van der Waals surface area contributed by atoms with Gasteiger partial charge in [-0.2, -0.15) is 0 Å². The zero-order chi connectivity index (χ0) is 18.2. The minimum absolute atomic E-state index is 0.186. The zero-order valence-electron chi connectivity index (χ0n) is 14.9. The third kappa shape index (κ3) is 4.74. The van der Waals surface area contributed by atoms with Gasteiger partial charge in [0.05, 0.1) is 13.0 Å². The number of rotatable bonds is 5. The summed E-state index contributed by atoms with van der Waals surface area (Å²) in [5, 5.41) is 2.38. The number of fused-ring (bicyclic) bond motifs is 1. The van der Waals surface area contributed by atoms with Crippen LogP contribution in [0.4, 0.5) is 0 Å². The number of esters is 1. The smallest absolute Gasteiger partial charge is 0.309 e. The first-order chi connectivity index (χ1) is 12.8. The van der Waals surface area contributed by atoms with Gasteiger partial charge in [-0.15, -0.1) is 0 Å². The van der Waals surface area contributed by atoms with E-state index < -0.39 is 0 Å². The molecular formula is C24H22O2. The van der Waals surface area contributed by atoms with Crippen molar-refractivity contribution in [3.8, 4) is 11.8 Å². The number of carbonyl (C=O) groups is 1. The Balaban J connectivity index is 1.67. The monoisotopic (exact) mass is 342 g/mol. The molecule has 0 bridgehead atoms. The maximum absolute atomic E-state index is 12.1. The Morgan fingerprint density at radius 3 is 2.46 bits per heavy atom. The van der Waals surface area contributed by atoms with Crippen molar-refractivity contribution in [2.45, 2.75) is 19.3 Å². The first kappa shape index (κ1) is 17.8. The molecule has 1 atom stereocenters. The van der Waals surface area contributed by atoms with Crippen molar-refractivity contribution in [1.29, 1.82) is 0 Å². The van der Waals surface area contributed by atoms with Crippen LogP contribution in [0.5, 0.6) is 0 Å². The molecule has 0 fully saturated rings. The first-order valence-corrected chi connectivity index (χ1v) is 8.85. The molecule has 0 saturated heterocycles. The van der Waals surface area contributed by atoms with Crippen LogP contribution in [0, 0.1) is 17.8 Å². The van der Waals surface area contributed by atoms with Crippen LogP contribution in [0.3, 0.4) is 0 Å². The topological polar surface area (TPSA) is 26.3 Å². The van der Waals surface area contributed by atoms with Gasteiger partial charge in [0.2, 0.25) is 0 Å². The minimum Gasteiger partial charge on any atom is -0.469 e. The molecule has 2 nitrogen and oxygen atoms in total. The fraction of sp³-hybridized carbons (Fsp3) is 0.208. The summed E-state index contributed by atoms with van der Waals surface area (Å²) in [4.78, 5) is 12.1. The van der Waals surface area contributed by atoms with Gasteiger partial charge in [-0.05, 0) is 41.3 Å². The molecule has 0 aliphatic heterocycles. The molecule has 0 amide bonds. The number of ether oxygens (including phenoxy) is 1. The van der Waals surface area contributed by atoms with Crippen LogP contribution in [-0.2, 0) is 16.0 Å². The van der Waals surface area contributed by atoms with Crippen molar-refractivity contribution in [2.24, 2.45) is 5.92 Å². The fourth-order valence-electron chi connectivity index (χ4n) is 3.00. The first-order valence-electron chi connectivity index (χ1n) is 8.85. The van der Waals surface area contributed by atoms with E-state index >= 15 is 0 Å². The highest BCUT2D eigenvalue weighted by molar-refractivity contribution is 5.83. The molecule has 0 N–H and O–H groups in total. The van der Waals surface area contributed by atoms with E-state index in [1.807, 2.05) is 36.4 Å². The number of hydrogen-bond donors (Lipinski definition) is 0. The lowest BCUT2D eigenvalue weighted by molar-refractivity contribution is -0.145. The number of hydrogen-bond acceptors (Lipinski definition) is 2. The lowest BCUT2D eigenvalue weighted by Gasteiger charge is -2.11. The molecule has 130 valence electrons. The molecule has 0 spiro atoms. The molecule has 1 unspecified atom stereocenters. The van der Waals surface area contributed by atoms with Crippen LogP contribution in [0.2, 0.25) is 0 Å². The molecule has 0 radical (unpaired) electrons. The molecule has 3 aromatic carbocycles. The third-order valence-corrected chi connectivity index (χ3v) is 4.49. The van der Waals surface area contributed by atoms with Crippen LogP contribution < -0.4 is 0 Å². The summed E-state index contributed by atoms with van der Waals surface area (Å²) >= 11 is 0. The van der Waals surface area contributed by atoms with Crippen molar-refractivity contribution >= 4 is 16.7 Å². The highest BCUT2D eigenvalue weighted by atomic mass is 16.5. The maximum Gasteiger partial charge on any atom is 0.309 e. The Hall–Kier alpha value is -3.05. The second kappa shape index (κ2) is 8.87. The van der Waals surface area contributed by atoms with E-state index in [1.165, 1.54) is 23.4 Å². The van der Waals surface area contributed by atoms with Crippen LogP contribution >= 0.6 is 0 Å². The molecule has 0 aliphatic carbocycles. The highest BCUT2D eigenvalue weighted by Gasteiger charge is 2.17. The molecule has 0 aliphatic rings. The van der Waals surface area contributed by atoms with E-state index in [9.17, 15) is 4.79 Å². The van der Waals surface area contributed by atoms with Gasteiger partial charge in [-0.25, -0.2) is 0 Å². The minimum atomic E-state index is -0.201. The highest BCUT2D eigenvalue weighted by Crippen LogP contribution is 2.17. The van der Waals surface area contributed by atoms with Gasteiger partial charge in [0.1, 0.15) is 0 Å². The summed E-state index contributed by atoms with van der Waals surface area (Å²) in [5.74, 6) is 5.97. The van der Waals surface area contributed by atoms with E-state index in [-0.39, 0.29) is 11.9 Å². The summed E-state index contributed by atoms with van der Waals surface area (Å²) in [6.45, 7) is 0. The van der Waals surface area contributed by atoms with Gasteiger partial charge < -0.3 is 4.74 Å². The van der Waals surface area contributed by atoms with Gasteiger partial charge in [-0.1, -0.05) is 72.5 Å². The Labute approximate surface area is 154 Å². The van der Waals surface area contributed by atoms with E-state index in [0.29, 0.717) is 6.42 Å². The van der Waals surface area contributed by atoms with Crippen LogP contribution in [0.1, 0.15) is 24.0 Å². The number of methoxy groups -OCH3 is 1. The molecule has 0 aromatic heterocycles. The van der Waals surface area contributed by atoms with Gasteiger partial charge in [-0.3, -0.25) is 4.79 Å². The lowest BCUT2D eigenvalue weighted by atomic mass is 9.96. The van der Waals surface area contributed by atoms with E-state index in [2.05, 4.69) is 48.2 Å². The van der Waals surface area contributed by atoms with Crippen LogP contribution in [-0.4, -0.2) is 13.1 Å². The largest absolute Gasteiger partial charge is 0.469 e. The second-order valence-electron chi connectivity index (χ2n) is 6.31. The fourth-order valence-corrected chi connectivity index (χ4v) is 3.00. The quantitative estimate of drug-likeness (QED) is 0.481. The van der Waals surface area contributed by atoms with E-state index in [0.717, 1.165) is 18.4 Å². The lowest BCUT2D eigenvalue weighted by Crippen LogP contribution is -2.16. The predicted octanol–water partition coefficient (Wildman–Crippen LogP) is 5.00. The summed E-state index contributed by atoms with van der Waals surface area (Å²) in [6, 6.07) is 24.6. The van der Waals surface area contributed by atoms with E-state index in [4.69, 9.17) is 4.74 Å². The number of carbonyl (C=O) groups excluding carboxylic acids is 1. The Morgan fingerprint density at radius 1 is 0.962 bits per heavy atom. The van der Waals surface area contributed by atoms with Crippen molar-refractivity contribution in [3.05, 3.63) is 83.9 Å². The van der Waals surface area contributed by atoms with E-state index in [1.54, 1.807) is 0 Å². The Kier molecular flexibility index (Phi) is 6.06. The van der Waals surface area contributed by atoms with Gasteiger partial charge >= 0.3 is 5.97 Å². The van der Waals surface area contributed by atoms with Crippen molar-refractivity contribution in [3.63, 3.8) is 0 Å². The average Bonchev–Trinajstić information content (AvgIpc) is 2.70. The molecule has 0 saturated carbocycles. The second-order valence-corrected chi connectivity index (χ2v) is 6.31. The summed E-state index contributed by atoms with van der Waals surface area (Å²) < 4.78 is 4.95. The van der Waals surface area contributed by atoms with Gasteiger partial charge in [0, 0.05) is 12.0 Å².